The molecule has 0 aliphatic carbocycles. The number of halogens is 1. The third-order valence-corrected chi connectivity index (χ3v) is 3.10. The van der Waals surface area contributed by atoms with Gasteiger partial charge in [0.1, 0.15) is 12.1 Å². The number of esters is 1. The molecule has 0 aliphatic heterocycles. The third kappa shape index (κ3) is 7.79. The molecule has 0 amide bonds. The molecule has 20 heavy (non-hydrogen) atoms. The molecule has 0 radical (unpaired) electrons. The average Bonchev–Trinajstić information content (AvgIpc) is 2.46. The lowest BCUT2D eigenvalue weighted by Crippen LogP contribution is -3.00. The predicted molar refractivity (Wildman–Crippen MR) is 72.8 cm³/mol. The minimum absolute atomic E-state index is 0. The van der Waals surface area contributed by atoms with Crippen molar-refractivity contribution in [1.29, 1.82) is 0 Å². The van der Waals surface area contributed by atoms with Crippen LogP contribution in [0, 0.1) is 0 Å². The molecule has 1 aromatic heterocycles. The van der Waals surface area contributed by atoms with Crippen molar-refractivity contribution < 1.29 is 43.2 Å². The van der Waals surface area contributed by atoms with Crippen molar-refractivity contribution in [2.45, 2.75) is 45.1 Å². The summed E-state index contributed by atoms with van der Waals surface area (Å²) in [6.45, 7) is 1.22. The zero-order valence-electron chi connectivity index (χ0n) is 12.1. The lowest BCUT2D eigenvalue weighted by molar-refractivity contribution is -0.697. The molecule has 0 saturated carbocycles. The average molecular weight is 393 g/mol. The van der Waals surface area contributed by atoms with E-state index in [-0.39, 0.29) is 29.9 Å². The molecule has 4 nitrogen and oxygen atoms in total. The molecule has 0 unspecified atom stereocenters. The van der Waals surface area contributed by atoms with Gasteiger partial charge in [-0.2, -0.15) is 0 Å². The maximum Gasteiger partial charge on any atom is 0.343 e. The standard InChI is InChI=1S/C15H24NO3.HI/c1-19-15(18)14-9-8-11-16(13-14)10-6-4-2-3-5-7-12-17;/h8-9,11,13,17H,2-7,10,12H2,1H3;1H/q+1;/p-1. The highest BCUT2D eigenvalue weighted by molar-refractivity contribution is 5.88. The Labute approximate surface area is 138 Å². The Morgan fingerprint density at radius 1 is 1.20 bits per heavy atom. The van der Waals surface area contributed by atoms with Crippen molar-refractivity contribution in [3.05, 3.63) is 30.1 Å². The summed E-state index contributed by atoms with van der Waals surface area (Å²) in [6, 6.07) is 3.63. The van der Waals surface area contributed by atoms with E-state index in [9.17, 15) is 4.79 Å². The van der Waals surface area contributed by atoms with Gasteiger partial charge in [0.25, 0.3) is 0 Å². The molecule has 0 aliphatic rings. The number of hydrogen-bond acceptors (Lipinski definition) is 3. The van der Waals surface area contributed by atoms with Gasteiger partial charge in [0, 0.05) is 19.1 Å². The largest absolute Gasteiger partial charge is 1.00 e. The number of carbonyl (C=O) groups excluding carboxylic acids is 1. The van der Waals surface area contributed by atoms with E-state index < -0.39 is 0 Å². The minimum atomic E-state index is -0.293. The van der Waals surface area contributed by atoms with Crippen LogP contribution in [0.15, 0.2) is 24.5 Å². The van der Waals surface area contributed by atoms with Gasteiger partial charge in [0.15, 0.2) is 12.4 Å². The van der Waals surface area contributed by atoms with Gasteiger partial charge in [-0.05, 0) is 18.9 Å². The van der Waals surface area contributed by atoms with Gasteiger partial charge < -0.3 is 33.8 Å². The first-order valence-electron chi connectivity index (χ1n) is 6.96. The summed E-state index contributed by atoms with van der Waals surface area (Å²) < 4.78 is 6.73. The number of aliphatic hydroxyl groups is 1. The van der Waals surface area contributed by atoms with Crippen LogP contribution in [-0.4, -0.2) is 24.8 Å². The van der Waals surface area contributed by atoms with Crippen LogP contribution in [0.3, 0.4) is 0 Å². The van der Waals surface area contributed by atoms with E-state index in [1.165, 1.54) is 26.4 Å². The third-order valence-electron chi connectivity index (χ3n) is 3.10. The first-order chi connectivity index (χ1) is 9.27. The Kier molecular flexibility index (Phi) is 11.7. The fraction of sp³-hybridized carbons (Fsp3) is 0.600. The van der Waals surface area contributed by atoms with Gasteiger partial charge in [-0.3, -0.25) is 0 Å². The summed E-state index contributed by atoms with van der Waals surface area (Å²) in [4.78, 5) is 11.4. The summed E-state index contributed by atoms with van der Waals surface area (Å²) in [5, 5.41) is 8.67. The van der Waals surface area contributed by atoms with Crippen LogP contribution in [0.4, 0.5) is 0 Å². The number of methoxy groups -OCH3 is 1. The Hall–Kier alpha value is -0.690. The van der Waals surface area contributed by atoms with E-state index in [0.717, 1.165) is 25.8 Å². The zero-order chi connectivity index (χ0) is 13.9. The molecule has 1 aromatic rings. The van der Waals surface area contributed by atoms with Gasteiger partial charge in [0.2, 0.25) is 0 Å². The number of nitrogens with zero attached hydrogens (tertiary/aromatic N) is 1. The molecule has 1 rings (SSSR count). The Bertz CT molecular complexity index is 385. The van der Waals surface area contributed by atoms with Crippen LogP contribution in [0.2, 0.25) is 0 Å². The highest BCUT2D eigenvalue weighted by atomic mass is 127. The number of ether oxygens (including phenoxy) is 1. The molecular weight excluding hydrogens is 369 g/mol. The number of hydrogen-bond donors (Lipinski definition) is 1. The van der Waals surface area contributed by atoms with Crippen molar-refractivity contribution in [1.82, 2.24) is 0 Å². The topological polar surface area (TPSA) is 50.4 Å². The van der Waals surface area contributed by atoms with Crippen molar-refractivity contribution in [2.75, 3.05) is 13.7 Å². The smallest absolute Gasteiger partial charge is 0.343 e. The fourth-order valence-electron chi connectivity index (χ4n) is 2.01. The lowest BCUT2D eigenvalue weighted by Gasteiger charge is -2.01. The van der Waals surface area contributed by atoms with Crippen molar-refractivity contribution in [3.8, 4) is 0 Å². The van der Waals surface area contributed by atoms with E-state index in [1.807, 2.05) is 23.0 Å². The molecule has 0 aromatic carbocycles. The van der Waals surface area contributed by atoms with Crippen molar-refractivity contribution in [3.63, 3.8) is 0 Å². The first kappa shape index (κ1) is 19.3. The Morgan fingerprint density at radius 2 is 1.85 bits per heavy atom. The number of aryl methyl sites for hydroxylation is 1. The Morgan fingerprint density at radius 3 is 2.50 bits per heavy atom. The molecule has 0 spiro atoms. The molecule has 0 saturated heterocycles. The molecule has 1 N–H and O–H groups in total. The van der Waals surface area contributed by atoms with Crippen LogP contribution in [0.5, 0.6) is 0 Å². The second-order valence-corrected chi connectivity index (χ2v) is 4.67. The van der Waals surface area contributed by atoms with Crippen LogP contribution >= 0.6 is 0 Å². The number of unbranched alkanes of at least 4 members (excludes halogenated alkanes) is 5. The highest BCUT2D eigenvalue weighted by Crippen LogP contribution is 2.05. The normalized spacial score (nSPS) is 9.90. The minimum Gasteiger partial charge on any atom is -1.00 e. The maximum absolute atomic E-state index is 11.4. The second-order valence-electron chi connectivity index (χ2n) is 4.67. The lowest BCUT2D eigenvalue weighted by atomic mass is 10.1. The SMILES string of the molecule is COC(=O)c1ccc[n+](CCCCCCCCO)c1.[I-]. The summed E-state index contributed by atoms with van der Waals surface area (Å²) in [5.74, 6) is -0.293. The number of aliphatic hydroxyl groups excluding tert-OH is 1. The monoisotopic (exact) mass is 393 g/mol. The number of pyridine rings is 1. The van der Waals surface area contributed by atoms with E-state index in [4.69, 9.17) is 9.84 Å². The fourth-order valence-corrected chi connectivity index (χ4v) is 2.01. The zero-order valence-corrected chi connectivity index (χ0v) is 14.2. The van der Waals surface area contributed by atoms with E-state index in [1.54, 1.807) is 6.07 Å². The predicted octanol–water partition coefficient (Wildman–Crippen LogP) is -0.902. The van der Waals surface area contributed by atoms with E-state index >= 15 is 0 Å². The Balaban J connectivity index is 0.00000361. The number of rotatable bonds is 9. The number of carbonyl (C=O) groups is 1. The summed E-state index contributed by atoms with van der Waals surface area (Å²) in [6.07, 6.45) is 10.5. The van der Waals surface area contributed by atoms with E-state index in [0.29, 0.717) is 12.2 Å². The maximum atomic E-state index is 11.4. The van der Waals surface area contributed by atoms with E-state index in [2.05, 4.69) is 0 Å². The van der Waals surface area contributed by atoms with Gasteiger partial charge >= 0.3 is 5.97 Å². The molecular formula is C15H24INO3. The van der Waals surface area contributed by atoms with Crippen LogP contribution in [0.1, 0.15) is 48.9 Å². The summed E-state index contributed by atoms with van der Waals surface area (Å²) in [7, 11) is 1.39. The quantitative estimate of drug-likeness (QED) is 0.256. The van der Waals surface area contributed by atoms with Crippen molar-refractivity contribution in [2.24, 2.45) is 0 Å². The second kappa shape index (κ2) is 12.1. The number of aromatic nitrogens is 1. The summed E-state index contributed by atoms with van der Waals surface area (Å²) >= 11 is 0. The molecule has 0 fully saturated rings. The van der Waals surface area contributed by atoms with Crippen LogP contribution < -0.4 is 28.5 Å². The summed E-state index contributed by atoms with van der Waals surface area (Å²) in [5.41, 5.74) is 0.591. The van der Waals surface area contributed by atoms with Crippen molar-refractivity contribution >= 4 is 5.97 Å². The van der Waals surface area contributed by atoms with Gasteiger partial charge in [-0.1, -0.05) is 19.3 Å². The molecule has 5 heteroatoms. The first-order valence-corrected chi connectivity index (χ1v) is 6.96. The van der Waals surface area contributed by atoms with Gasteiger partial charge in [-0.15, -0.1) is 0 Å². The van der Waals surface area contributed by atoms with Gasteiger partial charge in [0.05, 0.1) is 7.11 Å². The highest BCUT2D eigenvalue weighted by Gasteiger charge is 2.09. The van der Waals surface area contributed by atoms with Gasteiger partial charge in [-0.25, -0.2) is 9.36 Å². The molecule has 114 valence electrons. The molecule has 0 bridgehead atoms. The molecule has 1 heterocycles. The van der Waals surface area contributed by atoms with Crippen LogP contribution in [-0.2, 0) is 11.3 Å². The molecule has 0 atom stereocenters. The van der Waals surface area contributed by atoms with Crippen LogP contribution in [0.25, 0.3) is 0 Å².